The SMILES string of the molecule is Nc1ccc2[nH]cc(S(=O)(=O)NCc3ncon3)c2c1. The van der Waals surface area contributed by atoms with Crippen molar-refractivity contribution in [3.63, 3.8) is 0 Å². The Balaban J connectivity index is 1.94. The Morgan fingerprint density at radius 3 is 3.00 bits per heavy atom. The Hall–Kier alpha value is -2.39. The maximum absolute atomic E-state index is 12.3. The van der Waals surface area contributed by atoms with Gasteiger partial charge in [0.2, 0.25) is 16.4 Å². The fourth-order valence-electron chi connectivity index (χ4n) is 1.84. The highest BCUT2D eigenvalue weighted by Gasteiger charge is 2.19. The van der Waals surface area contributed by atoms with Gasteiger partial charge in [-0.15, -0.1) is 0 Å². The van der Waals surface area contributed by atoms with Gasteiger partial charge < -0.3 is 15.2 Å². The van der Waals surface area contributed by atoms with Crippen LogP contribution in [0.2, 0.25) is 0 Å². The van der Waals surface area contributed by atoms with E-state index in [1.807, 2.05) is 0 Å². The van der Waals surface area contributed by atoms with Gasteiger partial charge in [-0.1, -0.05) is 5.16 Å². The van der Waals surface area contributed by atoms with Crippen molar-refractivity contribution >= 4 is 26.6 Å². The van der Waals surface area contributed by atoms with Crippen LogP contribution in [0.15, 0.2) is 40.2 Å². The first-order valence-corrected chi connectivity index (χ1v) is 7.16. The number of anilines is 1. The van der Waals surface area contributed by atoms with E-state index < -0.39 is 10.0 Å². The van der Waals surface area contributed by atoms with Gasteiger partial charge in [0.15, 0.2) is 5.82 Å². The molecule has 2 heterocycles. The minimum atomic E-state index is -3.69. The molecule has 20 heavy (non-hydrogen) atoms. The van der Waals surface area contributed by atoms with E-state index in [2.05, 4.69) is 24.4 Å². The van der Waals surface area contributed by atoms with Crippen molar-refractivity contribution in [2.75, 3.05) is 5.73 Å². The van der Waals surface area contributed by atoms with Crippen molar-refractivity contribution < 1.29 is 12.9 Å². The quantitative estimate of drug-likeness (QED) is 0.605. The van der Waals surface area contributed by atoms with Crippen molar-refractivity contribution in [1.82, 2.24) is 19.8 Å². The van der Waals surface area contributed by atoms with Crippen LogP contribution in [0.1, 0.15) is 5.82 Å². The predicted molar refractivity (Wildman–Crippen MR) is 71.0 cm³/mol. The summed E-state index contributed by atoms with van der Waals surface area (Å²) in [6, 6.07) is 5.03. The summed E-state index contributed by atoms with van der Waals surface area (Å²) >= 11 is 0. The summed E-state index contributed by atoms with van der Waals surface area (Å²) in [6.07, 6.45) is 2.55. The number of nitrogens with zero attached hydrogens (tertiary/aromatic N) is 2. The number of aromatic nitrogens is 3. The van der Waals surface area contributed by atoms with Gasteiger partial charge in [-0.2, -0.15) is 4.98 Å². The number of sulfonamides is 1. The van der Waals surface area contributed by atoms with Gasteiger partial charge >= 0.3 is 0 Å². The molecule has 3 aromatic rings. The zero-order chi connectivity index (χ0) is 14.2. The second kappa shape index (κ2) is 4.62. The van der Waals surface area contributed by atoms with Gasteiger partial charge in [-0.25, -0.2) is 13.1 Å². The Labute approximate surface area is 114 Å². The number of nitrogen functional groups attached to an aromatic ring is 1. The number of nitrogens with one attached hydrogen (secondary N) is 2. The van der Waals surface area contributed by atoms with Gasteiger partial charge in [0.25, 0.3) is 0 Å². The van der Waals surface area contributed by atoms with Gasteiger partial charge in [-0.3, -0.25) is 0 Å². The maximum Gasteiger partial charge on any atom is 0.243 e. The van der Waals surface area contributed by atoms with Crippen LogP contribution in [0.25, 0.3) is 10.9 Å². The normalized spacial score (nSPS) is 12.0. The molecule has 104 valence electrons. The highest BCUT2D eigenvalue weighted by molar-refractivity contribution is 7.89. The van der Waals surface area contributed by atoms with E-state index in [0.29, 0.717) is 16.6 Å². The number of rotatable bonds is 4. The highest BCUT2D eigenvalue weighted by atomic mass is 32.2. The monoisotopic (exact) mass is 293 g/mol. The number of fused-ring (bicyclic) bond motifs is 1. The summed E-state index contributed by atoms with van der Waals surface area (Å²) in [4.78, 5) is 6.76. The van der Waals surface area contributed by atoms with Crippen LogP contribution < -0.4 is 10.5 Å². The second-order valence-electron chi connectivity index (χ2n) is 4.13. The van der Waals surface area contributed by atoms with E-state index in [-0.39, 0.29) is 17.3 Å². The molecule has 0 amide bonds. The number of aromatic amines is 1. The first kappa shape index (κ1) is 12.6. The summed E-state index contributed by atoms with van der Waals surface area (Å²) in [5.74, 6) is 0.257. The third-order valence-electron chi connectivity index (χ3n) is 2.78. The number of hydrogen-bond donors (Lipinski definition) is 3. The molecule has 3 rings (SSSR count). The van der Waals surface area contributed by atoms with Gasteiger partial charge in [0.1, 0.15) is 4.90 Å². The molecule has 0 saturated carbocycles. The molecule has 0 aliphatic carbocycles. The number of benzene rings is 1. The van der Waals surface area contributed by atoms with Gasteiger partial charge in [-0.05, 0) is 18.2 Å². The molecular formula is C11H11N5O3S. The molecule has 0 atom stereocenters. The lowest BCUT2D eigenvalue weighted by Gasteiger charge is -2.03. The zero-order valence-corrected chi connectivity index (χ0v) is 11.0. The highest BCUT2D eigenvalue weighted by Crippen LogP contribution is 2.24. The lowest BCUT2D eigenvalue weighted by Crippen LogP contribution is -2.23. The first-order chi connectivity index (χ1) is 9.56. The van der Waals surface area contributed by atoms with Crippen molar-refractivity contribution in [3.8, 4) is 0 Å². The average molecular weight is 293 g/mol. The fourth-order valence-corrected chi connectivity index (χ4v) is 2.99. The molecule has 0 radical (unpaired) electrons. The molecule has 8 nitrogen and oxygen atoms in total. The summed E-state index contributed by atoms with van der Waals surface area (Å²) in [5.41, 5.74) is 6.87. The fraction of sp³-hybridized carbons (Fsp3) is 0.0909. The molecule has 0 unspecified atom stereocenters. The van der Waals surface area contributed by atoms with Crippen LogP contribution >= 0.6 is 0 Å². The Morgan fingerprint density at radius 2 is 2.25 bits per heavy atom. The van der Waals surface area contributed by atoms with Crippen LogP contribution in [0, 0.1) is 0 Å². The van der Waals surface area contributed by atoms with Gasteiger partial charge in [0.05, 0.1) is 6.54 Å². The standard InChI is InChI=1S/C11H11N5O3S/c12-7-1-2-9-8(3-7)10(4-13-9)20(17,18)15-5-11-14-6-19-16-11/h1-4,6,13,15H,5,12H2. The van der Waals surface area contributed by atoms with Crippen molar-refractivity contribution in [3.05, 3.63) is 36.6 Å². The summed E-state index contributed by atoms with van der Waals surface area (Å²) in [5, 5.41) is 4.07. The first-order valence-electron chi connectivity index (χ1n) is 5.68. The van der Waals surface area contributed by atoms with E-state index in [1.165, 1.54) is 6.20 Å². The third kappa shape index (κ3) is 2.24. The minimum absolute atomic E-state index is 0.0478. The summed E-state index contributed by atoms with van der Waals surface area (Å²) in [6.45, 7) is -0.0478. The smallest absolute Gasteiger partial charge is 0.243 e. The van der Waals surface area contributed by atoms with Crippen molar-refractivity contribution in [2.24, 2.45) is 0 Å². The molecule has 2 aromatic heterocycles. The number of hydrogen-bond acceptors (Lipinski definition) is 6. The second-order valence-corrected chi connectivity index (χ2v) is 5.87. The van der Waals surface area contributed by atoms with E-state index in [4.69, 9.17) is 5.73 Å². The Kier molecular flexibility index (Phi) is 2.92. The third-order valence-corrected chi connectivity index (χ3v) is 4.23. The Bertz CT molecular complexity index is 838. The molecule has 1 aromatic carbocycles. The lowest BCUT2D eigenvalue weighted by atomic mass is 10.2. The van der Waals surface area contributed by atoms with Gasteiger partial charge in [0, 0.05) is 22.8 Å². The van der Waals surface area contributed by atoms with Crippen molar-refractivity contribution in [2.45, 2.75) is 11.4 Å². The van der Waals surface area contributed by atoms with Crippen LogP contribution in [-0.4, -0.2) is 23.5 Å². The lowest BCUT2D eigenvalue weighted by molar-refractivity contribution is 0.409. The largest absolute Gasteiger partial charge is 0.399 e. The molecular weight excluding hydrogens is 282 g/mol. The maximum atomic E-state index is 12.3. The van der Waals surface area contributed by atoms with Crippen LogP contribution in [0.4, 0.5) is 5.69 Å². The molecule has 4 N–H and O–H groups in total. The van der Waals surface area contributed by atoms with E-state index in [0.717, 1.165) is 6.39 Å². The topological polar surface area (TPSA) is 127 Å². The molecule has 0 bridgehead atoms. The summed E-state index contributed by atoms with van der Waals surface area (Å²) < 4.78 is 31.5. The molecule has 9 heteroatoms. The summed E-state index contributed by atoms with van der Waals surface area (Å²) in [7, 11) is -3.69. The van der Waals surface area contributed by atoms with E-state index >= 15 is 0 Å². The van der Waals surface area contributed by atoms with Crippen molar-refractivity contribution in [1.29, 1.82) is 0 Å². The van der Waals surface area contributed by atoms with E-state index in [9.17, 15) is 8.42 Å². The molecule has 0 spiro atoms. The Morgan fingerprint density at radius 1 is 1.40 bits per heavy atom. The predicted octanol–water partition coefficient (Wildman–Crippen LogP) is 0.612. The average Bonchev–Trinajstić information content (AvgIpc) is 3.05. The van der Waals surface area contributed by atoms with Crippen LogP contribution in [-0.2, 0) is 16.6 Å². The molecule has 0 fully saturated rings. The number of H-pyrrole nitrogens is 1. The molecule has 0 aliphatic rings. The number of nitrogens with two attached hydrogens (primary N) is 1. The van der Waals surface area contributed by atoms with Crippen LogP contribution in [0.5, 0.6) is 0 Å². The van der Waals surface area contributed by atoms with Crippen LogP contribution in [0.3, 0.4) is 0 Å². The molecule has 0 saturated heterocycles. The van der Waals surface area contributed by atoms with E-state index in [1.54, 1.807) is 18.2 Å². The molecule has 0 aliphatic heterocycles. The minimum Gasteiger partial charge on any atom is -0.399 e. The zero-order valence-electron chi connectivity index (χ0n) is 10.2.